The zero-order valence-electron chi connectivity index (χ0n) is 13.1. The van der Waals surface area contributed by atoms with E-state index in [1.165, 1.54) is 6.20 Å². The number of rotatable bonds is 6. The Kier molecular flexibility index (Phi) is 6.84. The lowest BCUT2D eigenvalue weighted by Crippen LogP contribution is -2.17. The molecule has 0 saturated carbocycles. The molecule has 0 radical (unpaired) electrons. The highest BCUT2D eigenvalue weighted by Crippen LogP contribution is 2.29. The van der Waals surface area contributed by atoms with Gasteiger partial charge in [0.1, 0.15) is 11.6 Å². The molecule has 2 rings (SSSR count). The Morgan fingerprint density at radius 1 is 1.16 bits per heavy atom. The fourth-order valence-electron chi connectivity index (χ4n) is 1.97. The molecule has 2 aromatic carbocycles. The Balaban J connectivity index is 2.00. The third-order valence-electron chi connectivity index (χ3n) is 3.32. The molecule has 0 atom stereocenters. The first-order valence-corrected chi connectivity index (χ1v) is 8.08. The lowest BCUT2D eigenvalue weighted by Gasteiger charge is -2.08. The zero-order valence-corrected chi connectivity index (χ0v) is 14.6. The first-order chi connectivity index (χ1) is 12.0. The summed E-state index contributed by atoms with van der Waals surface area (Å²) in [7, 11) is 0. The van der Waals surface area contributed by atoms with Crippen LogP contribution >= 0.6 is 23.2 Å². The smallest absolute Gasteiger partial charge is 0.267 e. The van der Waals surface area contributed by atoms with Gasteiger partial charge in [-0.25, -0.2) is 0 Å². The number of amides is 1. The number of carbonyl (C=O) groups is 1. The maximum atomic E-state index is 12.2. The summed E-state index contributed by atoms with van der Waals surface area (Å²) in [4.78, 5) is 12.2. The second-order valence-electron chi connectivity index (χ2n) is 5.08. The van der Waals surface area contributed by atoms with Crippen LogP contribution in [0.1, 0.15) is 11.1 Å². The molecule has 5 nitrogen and oxygen atoms in total. The van der Waals surface area contributed by atoms with Crippen molar-refractivity contribution in [1.29, 1.82) is 5.26 Å². The number of halogens is 2. The SMILES string of the molecule is N#C/C(=C/NCc1ccc(CO)cc1)C(=O)Nc1cccc(Cl)c1Cl. The van der Waals surface area contributed by atoms with Crippen LogP contribution in [0.5, 0.6) is 0 Å². The molecular weight excluding hydrogens is 361 g/mol. The second kappa shape index (κ2) is 9.09. The van der Waals surface area contributed by atoms with Crippen molar-refractivity contribution < 1.29 is 9.90 Å². The Morgan fingerprint density at radius 2 is 1.84 bits per heavy atom. The van der Waals surface area contributed by atoms with Crippen LogP contribution in [0, 0.1) is 11.3 Å². The third-order valence-corrected chi connectivity index (χ3v) is 4.14. The number of nitrogens with zero attached hydrogens (tertiary/aromatic N) is 1. The van der Waals surface area contributed by atoms with E-state index in [0.29, 0.717) is 17.3 Å². The summed E-state index contributed by atoms with van der Waals surface area (Å²) in [6, 6.07) is 14.0. The molecule has 0 aromatic heterocycles. The van der Waals surface area contributed by atoms with Gasteiger partial charge in [0.15, 0.2) is 0 Å². The number of hydrogen-bond donors (Lipinski definition) is 3. The quantitative estimate of drug-likeness (QED) is 0.531. The van der Waals surface area contributed by atoms with Gasteiger partial charge in [-0.2, -0.15) is 5.26 Å². The van der Waals surface area contributed by atoms with Crippen LogP contribution in [0.3, 0.4) is 0 Å². The number of nitrogens with one attached hydrogen (secondary N) is 2. The Morgan fingerprint density at radius 3 is 2.48 bits per heavy atom. The number of nitriles is 1. The van der Waals surface area contributed by atoms with Gasteiger partial charge in [0.2, 0.25) is 0 Å². The van der Waals surface area contributed by atoms with Crippen molar-refractivity contribution in [2.24, 2.45) is 0 Å². The average Bonchev–Trinajstić information content (AvgIpc) is 2.63. The predicted octanol–water partition coefficient (Wildman–Crippen LogP) is 3.62. The largest absolute Gasteiger partial charge is 0.392 e. The number of carbonyl (C=O) groups excluding carboxylic acids is 1. The van der Waals surface area contributed by atoms with E-state index in [9.17, 15) is 4.79 Å². The molecule has 25 heavy (non-hydrogen) atoms. The minimum Gasteiger partial charge on any atom is -0.392 e. The van der Waals surface area contributed by atoms with Crippen LogP contribution in [-0.4, -0.2) is 11.0 Å². The maximum absolute atomic E-state index is 12.2. The molecule has 0 aliphatic rings. The monoisotopic (exact) mass is 375 g/mol. The number of anilines is 1. The van der Waals surface area contributed by atoms with E-state index in [1.54, 1.807) is 30.3 Å². The Hall–Kier alpha value is -2.52. The minimum atomic E-state index is -0.588. The molecular formula is C18H15Cl2N3O2. The summed E-state index contributed by atoms with van der Waals surface area (Å²) in [6.07, 6.45) is 1.34. The Bertz CT molecular complexity index is 827. The van der Waals surface area contributed by atoms with E-state index in [1.807, 2.05) is 18.2 Å². The molecule has 0 fully saturated rings. The van der Waals surface area contributed by atoms with Crippen LogP contribution in [-0.2, 0) is 17.9 Å². The van der Waals surface area contributed by atoms with E-state index < -0.39 is 5.91 Å². The fourth-order valence-corrected chi connectivity index (χ4v) is 2.32. The first-order valence-electron chi connectivity index (χ1n) is 7.33. The van der Waals surface area contributed by atoms with Gasteiger partial charge in [0, 0.05) is 12.7 Å². The molecule has 3 N–H and O–H groups in total. The van der Waals surface area contributed by atoms with Gasteiger partial charge in [0.25, 0.3) is 5.91 Å². The fraction of sp³-hybridized carbons (Fsp3) is 0.111. The lowest BCUT2D eigenvalue weighted by molar-refractivity contribution is -0.112. The normalized spacial score (nSPS) is 10.9. The molecule has 0 saturated heterocycles. The van der Waals surface area contributed by atoms with Crippen LogP contribution in [0.2, 0.25) is 10.0 Å². The number of aliphatic hydroxyl groups excluding tert-OH is 1. The molecule has 0 aliphatic heterocycles. The average molecular weight is 376 g/mol. The summed E-state index contributed by atoms with van der Waals surface area (Å²) >= 11 is 11.9. The standard InChI is InChI=1S/C18H15Cl2N3O2/c19-15-2-1-3-16(17(15)20)23-18(25)14(8-21)10-22-9-12-4-6-13(11-24)7-5-12/h1-7,10,22,24H,9,11H2,(H,23,25)/b14-10-. The molecule has 1 amide bonds. The van der Waals surface area contributed by atoms with E-state index >= 15 is 0 Å². The highest BCUT2D eigenvalue weighted by Gasteiger charge is 2.12. The van der Waals surface area contributed by atoms with Gasteiger partial charge in [-0.3, -0.25) is 4.79 Å². The van der Waals surface area contributed by atoms with Crippen LogP contribution in [0.15, 0.2) is 54.2 Å². The van der Waals surface area contributed by atoms with Gasteiger partial charge < -0.3 is 15.7 Å². The van der Waals surface area contributed by atoms with Crippen molar-refractivity contribution >= 4 is 34.8 Å². The predicted molar refractivity (Wildman–Crippen MR) is 98.0 cm³/mol. The maximum Gasteiger partial charge on any atom is 0.267 e. The summed E-state index contributed by atoms with van der Waals surface area (Å²) in [5.41, 5.74) is 2.00. The van der Waals surface area contributed by atoms with Gasteiger partial charge in [-0.1, -0.05) is 53.5 Å². The van der Waals surface area contributed by atoms with Gasteiger partial charge in [0.05, 0.1) is 22.3 Å². The van der Waals surface area contributed by atoms with Crippen molar-refractivity contribution in [3.8, 4) is 6.07 Å². The third kappa shape index (κ3) is 5.23. The Labute approximate surface area is 155 Å². The van der Waals surface area contributed by atoms with Crippen molar-refractivity contribution in [1.82, 2.24) is 5.32 Å². The summed E-state index contributed by atoms with van der Waals surface area (Å²) in [5, 5.41) is 24.2. The molecule has 0 heterocycles. The van der Waals surface area contributed by atoms with E-state index in [4.69, 9.17) is 33.6 Å². The number of benzene rings is 2. The van der Waals surface area contributed by atoms with Gasteiger partial charge in [-0.05, 0) is 23.3 Å². The molecule has 0 bridgehead atoms. The van der Waals surface area contributed by atoms with Crippen molar-refractivity contribution in [3.05, 3.63) is 75.4 Å². The number of aliphatic hydroxyl groups is 1. The van der Waals surface area contributed by atoms with Gasteiger partial charge >= 0.3 is 0 Å². The number of hydrogen-bond acceptors (Lipinski definition) is 4. The first kappa shape index (κ1) is 18.8. The summed E-state index contributed by atoms with van der Waals surface area (Å²) in [5.74, 6) is -0.588. The van der Waals surface area contributed by atoms with Crippen LogP contribution < -0.4 is 10.6 Å². The van der Waals surface area contributed by atoms with Crippen molar-refractivity contribution in [2.75, 3.05) is 5.32 Å². The van der Waals surface area contributed by atoms with Crippen molar-refractivity contribution in [3.63, 3.8) is 0 Å². The molecule has 2 aromatic rings. The van der Waals surface area contributed by atoms with E-state index in [-0.39, 0.29) is 17.2 Å². The molecule has 0 aliphatic carbocycles. The second-order valence-corrected chi connectivity index (χ2v) is 5.87. The topological polar surface area (TPSA) is 85.2 Å². The van der Waals surface area contributed by atoms with E-state index in [0.717, 1.165) is 11.1 Å². The van der Waals surface area contributed by atoms with Crippen molar-refractivity contribution in [2.45, 2.75) is 13.2 Å². The molecule has 0 spiro atoms. The molecule has 0 unspecified atom stereocenters. The lowest BCUT2D eigenvalue weighted by atomic mass is 10.1. The molecule has 7 heteroatoms. The molecule has 128 valence electrons. The summed E-state index contributed by atoms with van der Waals surface area (Å²) in [6.45, 7) is 0.417. The highest BCUT2D eigenvalue weighted by molar-refractivity contribution is 6.44. The zero-order chi connectivity index (χ0) is 18.2. The van der Waals surface area contributed by atoms with Gasteiger partial charge in [-0.15, -0.1) is 0 Å². The highest BCUT2D eigenvalue weighted by atomic mass is 35.5. The summed E-state index contributed by atoms with van der Waals surface area (Å²) < 4.78 is 0. The van der Waals surface area contributed by atoms with Crippen LogP contribution in [0.4, 0.5) is 5.69 Å². The van der Waals surface area contributed by atoms with Crippen LogP contribution in [0.25, 0.3) is 0 Å². The van der Waals surface area contributed by atoms with E-state index in [2.05, 4.69) is 10.6 Å². The minimum absolute atomic E-state index is 0.0155.